The fraction of sp³-hybridized carbons (Fsp3) is 0.300. The second-order valence-corrected chi connectivity index (χ2v) is 3.21. The predicted octanol–water partition coefficient (Wildman–Crippen LogP) is 1.49. The number of nitrogens with zero attached hydrogens (tertiary/aromatic N) is 1. The van der Waals surface area contributed by atoms with Crippen LogP contribution in [0.15, 0.2) is 18.2 Å². The molecule has 0 atom stereocenters. The molecule has 0 aromatic heterocycles. The average molecular weight is 240 g/mol. The second-order valence-electron chi connectivity index (χ2n) is 3.21. The van der Waals surface area contributed by atoms with Crippen molar-refractivity contribution in [2.45, 2.75) is 6.42 Å². The fourth-order valence-corrected chi connectivity index (χ4v) is 1.25. The molecule has 1 aromatic carbocycles. The standard InChI is InChI=1S/C10H12N2O5/c1-17-9-3-2-7(12(15)16)6-8(9)11-5-4-10(13)14/h2-3,6,11H,4-5H2,1H3,(H,13,14). The highest BCUT2D eigenvalue weighted by molar-refractivity contribution is 5.68. The zero-order valence-electron chi connectivity index (χ0n) is 9.17. The number of carboxylic acid groups (broad SMARTS) is 1. The minimum absolute atomic E-state index is 0.0775. The van der Waals surface area contributed by atoms with Gasteiger partial charge >= 0.3 is 5.97 Å². The van der Waals surface area contributed by atoms with Gasteiger partial charge in [0.25, 0.3) is 5.69 Å². The Morgan fingerprint density at radius 3 is 2.82 bits per heavy atom. The lowest BCUT2D eigenvalue weighted by molar-refractivity contribution is -0.384. The normalized spacial score (nSPS) is 9.71. The predicted molar refractivity (Wildman–Crippen MR) is 60.4 cm³/mol. The van der Waals surface area contributed by atoms with Crippen LogP contribution in [0.2, 0.25) is 0 Å². The van der Waals surface area contributed by atoms with Gasteiger partial charge in [-0.05, 0) is 6.07 Å². The highest BCUT2D eigenvalue weighted by atomic mass is 16.6. The molecular formula is C10H12N2O5. The number of benzene rings is 1. The maximum absolute atomic E-state index is 10.6. The lowest BCUT2D eigenvalue weighted by atomic mass is 10.2. The molecule has 0 saturated carbocycles. The molecular weight excluding hydrogens is 228 g/mol. The second kappa shape index (κ2) is 5.69. The Labute approximate surface area is 97.2 Å². The number of ether oxygens (including phenoxy) is 1. The minimum Gasteiger partial charge on any atom is -0.495 e. The summed E-state index contributed by atoms with van der Waals surface area (Å²) in [5, 5.41) is 21.8. The Balaban J connectivity index is 2.82. The number of nitrogens with one attached hydrogen (secondary N) is 1. The lowest BCUT2D eigenvalue weighted by Crippen LogP contribution is -2.08. The third-order valence-electron chi connectivity index (χ3n) is 2.05. The number of hydrogen-bond acceptors (Lipinski definition) is 5. The van der Waals surface area contributed by atoms with E-state index in [1.54, 1.807) is 0 Å². The molecule has 1 aromatic rings. The van der Waals surface area contributed by atoms with Crippen LogP contribution in [0.25, 0.3) is 0 Å². The van der Waals surface area contributed by atoms with Crippen LogP contribution in [0.1, 0.15) is 6.42 Å². The van der Waals surface area contributed by atoms with Crippen LogP contribution in [-0.2, 0) is 4.79 Å². The number of carboxylic acids is 1. The largest absolute Gasteiger partial charge is 0.495 e. The zero-order chi connectivity index (χ0) is 12.8. The van der Waals surface area contributed by atoms with E-state index in [2.05, 4.69) is 5.32 Å². The maximum Gasteiger partial charge on any atom is 0.305 e. The Morgan fingerprint density at radius 1 is 1.59 bits per heavy atom. The summed E-state index contributed by atoms with van der Waals surface area (Å²) in [5.74, 6) is -0.511. The van der Waals surface area contributed by atoms with Crippen LogP contribution in [0.3, 0.4) is 0 Å². The van der Waals surface area contributed by atoms with Gasteiger partial charge in [0, 0.05) is 18.7 Å². The minimum atomic E-state index is -0.943. The fourth-order valence-electron chi connectivity index (χ4n) is 1.25. The molecule has 7 nitrogen and oxygen atoms in total. The first kappa shape index (κ1) is 12.8. The monoisotopic (exact) mass is 240 g/mol. The lowest BCUT2D eigenvalue weighted by Gasteiger charge is -2.09. The van der Waals surface area contributed by atoms with Crippen molar-refractivity contribution in [3.63, 3.8) is 0 Å². The first-order valence-corrected chi connectivity index (χ1v) is 4.82. The summed E-state index contributed by atoms with van der Waals surface area (Å²) in [6.07, 6.45) is -0.0775. The third kappa shape index (κ3) is 3.63. The van der Waals surface area contributed by atoms with E-state index in [-0.39, 0.29) is 18.7 Å². The van der Waals surface area contributed by atoms with Gasteiger partial charge in [0.1, 0.15) is 5.75 Å². The first-order chi connectivity index (χ1) is 8.04. The van der Waals surface area contributed by atoms with Gasteiger partial charge in [0.2, 0.25) is 0 Å². The molecule has 0 unspecified atom stereocenters. The number of anilines is 1. The average Bonchev–Trinajstić information content (AvgIpc) is 2.28. The molecule has 0 aliphatic rings. The molecule has 92 valence electrons. The molecule has 0 heterocycles. The molecule has 2 N–H and O–H groups in total. The number of nitro groups is 1. The number of nitro benzene ring substituents is 1. The molecule has 0 fully saturated rings. The van der Waals surface area contributed by atoms with E-state index in [9.17, 15) is 14.9 Å². The van der Waals surface area contributed by atoms with Crippen LogP contribution in [-0.4, -0.2) is 29.7 Å². The van der Waals surface area contributed by atoms with Crippen LogP contribution in [0.5, 0.6) is 5.75 Å². The van der Waals surface area contributed by atoms with Crippen molar-refractivity contribution in [1.29, 1.82) is 0 Å². The molecule has 7 heteroatoms. The SMILES string of the molecule is COc1ccc([N+](=O)[O-])cc1NCCC(=O)O. The van der Waals surface area contributed by atoms with Gasteiger partial charge in [-0.25, -0.2) is 0 Å². The van der Waals surface area contributed by atoms with E-state index in [1.807, 2.05) is 0 Å². The smallest absolute Gasteiger partial charge is 0.305 e. The van der Waals surface area contributed by atoms with Gasteiger partial charge < -0.3 is 15.2 Å². The summed E-state index contributed by atoms with van der Waals surface area (Å²) in [5.41, 5.74) is 0.326. The van der Waals surface area contributed by atoms with Gasteiger partial charge in [0.15, 0.2) is 0 Å². The van der Waals surface area contributed by atoms with Gasteiger partial charge in [-0.2, -0.15) is 0 Å². The molecule has 0 aliphatic carbocycles. The number of carbonyl (C=O) groups is 1. The Bertz CT molecular complexity index is 433. The van der Waals surface area contributed by atoms with E-state index in [1.165, 1.54) is 25.3 Å². The molecule has 0 saturated heterocycles. The van der Waals surface area contributed by atoms with Crippen molar-refractivity contribution in [3.05, 3.63) is 28.3 Å². The number of methoxy groups -OCH3 is 1. The zero-order valence-corrected chi connectivity index (χ0v) is 9.17. The number of hydrogen-bond donors (Lipinski definition) is 2. The van der Waals surface area contributed by atoms with Crippen LogP contribution in [0.4, 0.5) is 11.4 Å². The highest BCUT2D eigenvalue weighted by Gasteiger charge is 2.11. The van der Waals surface area contributed by atoms with E-state index < -0.39 is 10.9 Å². The van der Waals surface area contributed by atoms with E-state index in [4.69, 9.17) is 9.84 Å². The van der Waals surface area contributed by atoms with Crippen LogP contribution in [0, 0.1) is 10.1 Å². The van der Waals surface area contributed by atoms with Gasteiger partial charge in [-0.15, -0.1) is 0 Å². The summed E-state index contributed by atoms with van der Waals surface area (Å²) >= 11 is 0. The Kier molecular flexibility index (Phi) is 4.27. The number of aliphatic carboxylic acids is 1. The molecule has 1 rings (SSSR count). The van der Waals surface area contributed by atoms with Crippen LogP contribution < -0.4 is 10.1 Å². The van der Waals surface area contributed by atoms with Crippen molar-refractivity contribution >= 4 is 17.3 Å². The van der Waals surface area contributed by atoms with E-state index in [0.717, 1.165) is 0 Å². The molecule has 0 aliphatic heterocycles. The van der Waals surface area contributed by atoms with Gasteiger partial charge in [-0.1, -0.05) is 0 Å². The summed E-state index contributed by atoms with van der Waals surface area (Å²) < 4.78 is 5.01. The van der Waals surface area contributed by atoms with Crippen molar-refractivity contribution in [2.75, 3.05) is 19.0 Å². The molecule has 0 bridgehead atoms. The highest BCUT2D eigenvalue weighted by Crippen LogP contribution is 2.28. The number of non-ortho nitro benzene ring substituents is 1. The molecule has 17 heavy (non-hydrogen) atoms. The maximum atomic E-state index is 10.6. The van der Waals surface area contributed by atoms with Gasteiger partial charge in [0.05, 0.1) is 24.1 Å². The topological polar surface area (TPSA) is 102 Å². The summed E-state index contributed by atoms with van der Waals surface area (Å²) in [6, 6.07) is 4.09. The summed E-state index contributed by atoms with van der Waals surface area (Å²) in [4.78, 5) is 20.4. The van der Waals surface area contributed by atoms with Crippen LogP contribution >= 0.6 is 0 Å². The summed E-state index contributed by atoms with van der Waals surface area (Å²) in [6.45, 7) is 0.173. The molecule has 0 spiro atoms. The van der Waals surface area contributed by atoms with Crippen molar-refractivity contribution < 1.29 is 19.6 Å². The van der Waals surface area contributed by atoms with E-state index >= 15 is 0 Å². The van der Waals surface area contributed by atoms with Gasteiger partial charge in [-0.3, -0.25) is 14.9 Å². The van der Waals surface area contributed by atoms with Crippen molar-refractivity contribution in [1.82, 2.24) is 0 Å². The van der Waals surface area contributed by atoms with E-state index in [0.29, 0.717) is 11.4 Å². The molecule has 0 amide bonds. The third-order valence-corrected chi connectivity index (χ3v) is 2.05. The quantitative estimate of drug-likeness (QED) is 0.577. The Hall–Kier alpha value is -2.31. The van der Waals surface area contributed by atoms with Crippen molar-refractivity contribution in [2.24, 2.45) is 0 Å². The first-order valence-electron chi connectivity index (χ1n) is 4.82. The number of rotatable bonds is 6. The molecule has 0 radical (unpaired) electrons. The van der Waals surface area contributed by atoms with Crippen molar-refractivity contribution in [3.8, 4) is 5.75 Å². The Morgan fingerprint density at radius 2 is 2.29 bits per heavy atom. The summed E-state index contributed by atoms with van der Waals surface area (Å²) in [7, 11) is 1.43.